The van der Waals surface area contributed by atoms with Crippen molar-refractivity contribution in [3.8, 4) is 0 Å². The highest BCUT2D eigenvalue weighted by atomic mass is 16.1. The standard InChI is InChI=1S/C11H12O/c1-3-9-6-5-7-10(8-9)11(12)4-2/h4-8H,2-3H2,1H3. The van der Waals surface area contributed by atoms with Crippen LogP contribution in [0.2, 0.25) is 0 Å². The Hall–Kier alpha value is -1.37. The normalized spacial score (nSPS) is 9.42. The SMILES string of the molecule is C=CC(=O)c1cccc(CC)c1. The molecule has 0 bridgehead atoms. The molecule has 0 radical (unpaired) electrons. The molecule has 0 heterocycles. The van der Waals surface area contributed by atoms with E-state index in [2.05, 4.69) is 13.5 Å². The predicted molar refractivity (Wildman–Crippen MR) is 50.3 cm³/mol. The second-order valence-electron chi connectivity index (χ2n) is 2.62. The lowest BCUT2D eigenvalue weighted by Gasteiger charge is -1.98. The van der Waals surface area contributed by atoms with E-state index >= 15 is 0 Å². The van der Waals surface area contributed by atoms with Crippen molar-refractivity contribution in [3.63, 3.8) is 0 Å². The first-order valence-electron chi connectivity index (χ1n) is 4.03. The molecule has 0 saturated carbocycles. The van der Waals surface area contributed by atoms with E-state index in [1.54, 1.807) is 0 Å². The first kappa shape index (κ1) is 8.72. The topological polar surface area (TPSA) is 17.1 Å². The number of carbonyl (C=O) groups is 1. The van der Waals surface area contributed by atoms with Gasteiger partial charge < -0.3 is 0 Å². The molecular formula is C11H12O. The summed E-state index contributed by atoms with van der Waals surface area (Å²) in [4.78, 5) is 11.2. The van der Waals surface area contributed by atoms with E-state index in [1.807, 2.05) is 24.3 Å². The van der Waals surface area contributed by atoms with Crippen molar-refractivity contribution in [2.24, 2.45) is 0 Å². The van der Waals surface area contributed by atoms with Crippen LogP contribution in [0.15, 0.2) is 36.9 Å². The third-order valence-electron chi connectivity index (χ3n) is 1.81. The summed E-state index contributed by atoms with van der Waals surface area (Å²) in [6.07, 6.45) is 2.30. The maximum Gasteiger partial charge on any atom is 0.185 e. The van der Waals surface area contributed by atoms with Gasteiger partial charge >= 0.3 is 0 Å². The van der Waals surface area contributed by atoms with Gasteiger partial charge in [0.2, 0.25) is 0 Å². The van der Waals surface area contributed by atoms with Crippen LogP contribution in [0.3, 0.4) is 0 Å². The third-order valence-corrected chi connectivity index (χ3v) is 1.81. The molecular weight excluding hydrogens is 148 g/mol. The van der Waals surface area contributed by atoms with E-state index in [1.165, 1.54) is 11.6 Å². The molecule has 0 aliphatic carbocycles. The molecule has 0 saturated heterocycles. The Morgan fingerprint density at radius 1 is 1.58 bits per heavy atom. The van der Waals surface area contributed by atoms with Gasteiger partial charge in [-0.1, -0.05) is 31.7 Å². The van der Waals surface area contributed by atoms with Gasteiger partial charge in [0, 0.05) is 5.56 Å². The molecule has 62 valence electrons. The fraction of sp³-hybridized carbons (Fsp3) is 0.182. The minimum atomic E-state index is -0.00898. The van der Waals surface area contributed by atoms with Crippen LogP contribution in [0.5, 0.6) is 0 Å². The van der Waals surface area contributed by atoms with Crippen LogP contribution < -0.4 is 0 Å². The zero-order valence-electron chi connectivity index (χ0n) is 7.21. The highest BCUT2D eigenvalue weighted by molar-refractivity contribution is 6.04. The maximum atomic E-state index is 11.2. The number of rotatable bonds is 3. The van der Waals surface area contributed by atoms with Gasteiger partial charge in [-0.3, -0.25) is 4.79 Å². The van der Waals surface area contributed by atoms with Crippen molar-refractivity contribution >= 4 is 5.78 Å². The fourth-order valence-electron chi connectivity index (χ4n) is 1.06. The Morgan fingerprint density at radius 2 is 2.33 bits per heavy atom. The van der Waals surface area contributed by atoms with E-state index in [0.717, 1.165) is 12.0 Å². The summed E-state index contributed by atoms with van der Waals surface area (Å²) in [5.41, 5.74) is 1.91. The van der Waals surface area contributed by atoms with E-state index in [9.17, 15) is 4.79 Å². The molecule has 1 aromatic rings. The van der Waals surface area contributed by atoms with Gasteiger partial charge in [-0.2, -0.15) is 0 Å². The minimum absolute atomic E-state index is 0.00898. The summed E-state index contributed by atoms with van der Waals surface area (Å²) in [7, 11) is 0. The van der Waals surface area contributed by atoms with Crippen LogP contribution >= 0.6 is 0 Å². The van der Waals surface area contributed by atoms with Gasteiger partial charge in [0.15, 0.2) is 5.78 Å². The van der Waals surface area contributed by atoms with Gasteiger partial charge in [-0.05, 0) is 24.1 Å². The lowest BCUT2D eigenvalue weighted by atomic mass is 10.1. The van der Waals surface area contributed by atoms with Crippen molar-refractivity contribution in [1.29, 1.82) is 0 Å². The zero-order chi connectivity index (χ0) is 8.97. The summed E-state index contributed by atoms with van der Waals surface area (Å²) in [5.74, 6) is -0.00898. The number of hydrogen-bond donors (Lipinski definition) is 0. The van der Waals surface area contributed by atoms with Crippen molar-refractivity contribution < 1.29 is 4.79 Å². The monoisotopic (exact) mass is 160 g/mol. The number of allylic oxidation sites excluding steroid dienone is 1. The quantitative estimate of drug-likeness (QED) is 0.490. The molecule has 1 aromatic carbocycles. The third kappa shape index (κ3) is 1.82. The molecule has 0 atom stereocenters. The lowest BCUT2D eigenvalue weighted by molar-refractivity contribution is 0.104. The molecule has 0 aromatic heterocycles. The Bertz CT molecular complexity index is 300. The molecule has 1 nitrogen and oxygen atoms in total. The predicted octanol–water partition coefficient (Wildman–Crippen LogP) is 2.62. The molecule has 1 rings (SSSR count). The van der Waals surface area contributed by atoms with Gasteiger partial charge in [-0.15, -0.1) is 0 Å². The van der Waals surface area contributed by atoms with E-state index in [-0.39, 0.29) is 5.78 Å². The molecule has 0 N–H and O–H groups in total. The Labute approximate surface area is 72.7 Å². The molecule has 12 heavy (non-hydrogen) atoms. The lowest BCUT2D eigenvalue weighted by Crippen LogP contribution is -1.94. The second-order valence-corrected chi connectivity index (χ2v) is 2.62. The van der Waals surface area contributed by atoms with Crippen molar-refractivity contribution in [2.45, 2.75) is 13.3 Å². The largest absolute Gasteiger partial charge is 0.289 e. The molecule has 1 heteroatoms. The highest BCUT2D eigenvalue weighted by Gasteiger charge is 1.99. The van der Waals surface area contributed by atoms with E-state index in [4.69, 9.17) is 0 Å². The summed E-state index contributed by atoms with van der Waals surface area (Å²) in [6.45, 7) is 5.51. The highest BCUT2D eigenvalue weighted by Crippen LogP contribution is 2.06. The Balaban J connectivity index is 3.01. The minimum Gasteiger partial charge on any atom is -0.289 e. The maximum absolute atomic E-state index is 11.2. The van der Waals surface area contributed by atoms with Crippen LogP contribution in [0.1, 0.15) is 22.8 Å². The molecule has 0 aliphatic heterocycles. The van der Waals surface area contributed by atoms with Crippen LogP contribution in [0.4, 0.5) is 0 Å². The Morgan fingerprint density at radius 3 is 2.92 bits per heavy atom. The average molecular weight is 160 g/mol. The zero-order valence-corrected chi connectivity index (χ0v) is 7.21. The smallest absolute Gasteiger partial charge is 0.185 e. The first-order valence-corrected chi connectivity index (χ1v) is 4.03. The van der Waals surface area contributed by atoms with Crippen LogP contribution in [-0.2, 0) is 6.42 Å². The van der Waals surface area contributed by atoms with Crippen LogP contribution in [0, 0.1) is 0 Å². The summed E-state index contributed by atoms with van der Waals surface area (Å²) in [6, 6.07) is 7.63. The molecule has 0 aliphatic rings. The Kier molecular flexibility index (Phi) is 2.81. The van der Waals surface area contributed by atoms with Crippen molar-refractivity contribution in [2.75, 3.05) is 0 Å². The van der Waals surface area contributed by atoms with E-state index < -0.39 is 0 Å². The van der Waals surface area contributed by atoms with Gasteiger partial charge in [-0.25, -0.2) is 0 Å². The molecule has 0 unspecified atom stereocenters. The van der Waals surface area contributed by atoms with Crippen LogP contribution in [0.25, 0.3) is 0 Å². The number of ketones is 1. The fourth-order valence-corrected chi connectivity index (χ4v) is 1.06. The van der Waals surface area contributed by atoms with Crippen molar-refractivity contribution in [3.05, 3.63) is 48.0 Å². The summed E-state index contributed by atoms with van der Waals surface area (Å²) in [5, 5.41) is 0. The van der Waals surface area contributed by atoms with Crippen molar-refractivity contribution in [1.82, 2.24) is 0 Å². The molecule has 0 spiro atoms. The average Bonchev–Trinajstić information content (AvgIpc) is 2.17. The molecule has 0 amide bonds. The number of hydrogen-bond acceptors (Lipinski definition) is 1. The number of aryl methyl sites for hydroxylation is 1. The summed E-state index contributed by atoms with van der Waals surface area (Å²) < 4.78 is 0. The second kappa shape index (κ2) is 3.86. The first-order chi connectivity index (χ1) is 5.77. The van der Waals surface area contributed by atoms with Gasteiger partial charge in [0.25, 0.3) is 0 Å². The molecule has 0 fully saturated rings. The van der Waals surface area contributed by atoms with Gasteiger partial charge in [0.05, 0.1) is 0 Å². The van der Waals surface area contributed by atoms with Gasteiger partial charge in [0.1, 0.15) is 0 Å². The number of benzene rings is 1. The van der Waals surface area contributed by atoms with E-state index in [0.29, 0.717) is 0 Å². The number of carbonyl (C=O) groups excluding carboxylic acids is 1. The van der Waals surface area contributed by atoms with Crippen LogP contribution in [-0.4, -0.2) is 5.78 Å². The summed E-state index contributed by atoms with van der Waals surface area (Å²) >= 11 is 0.